The van der Waals surface area contributed by atoms with Gasteiger partial charge in [-0.2, -0.15) is 4.99 Å². The van der Waals surface area contributed by atoms with Gasteiger partial charge in [0.15, 0.2) is 11.6 Å². The van der Waals surface area contributed by atoms with Gasteiger partial charge >= 0.3 is 12.4 Å². The number of nitrogens with one attached hydrogen (secondary N) is 1. The van der Waals surface area contributed by atoms with Gasteiger partial charge in [0.2, 0.25) is 0 Å². The number of aliphatic imine (C=N–C) groups is 1. The number of hydrogen-bond acceptors (Lipinski definition) is 6. The topological polar surface area (TPSA) is 98.5 Å². The van der Waals surface area contributed by atoms with Crippen molar-refractivity contribution in [1.82, 2.24) is 20.1 Å². The molecule has 1 aliphatic rings. The number of aromatic nitrogens is 3. The first kappa shape index (κ1) is 32.0. The van der Waals surface area contributed by atoms with Crippen molar-refractivity contribution < 1.29 is 27.5 Å². The predicted octanol–water partition coefficient (Wildman–Crippen LogP) is 7.75. The summed E-state index contributed by atoms with van der Waals surface area (Å²) in [5, 5.41) is 7.95. The molecule has 0 aliphatic carbocycles. The molecule has 2 unspecified atom stereocenters. The average Bonchev–Trinajstić information content (AvgIpc) is 3.64. The fraction of sp³-hybridized carbons (Fsp3) is 0.303. The molecule has 4 aromatic rings. The molecule has 8 nitrogen and oxygen atoms in total. The van der Waals surface area contributed by atoms with Gasteiger partial charge in [-0.15, -0.1) is 30.0 Å². The number of nitrogens with zero attached hydrogens (tertiary/aromatic N) is 4. The van der Waals surface area contributed by atoms with E-state index in [2.05, 4.69) is 38.1 Å². The zero-order valence-electron chi connectivity index (χ0n) is 25.0. The molecule has 0 spiro atoms. The molecule has 0 radical (unpaired) electrons. The Balaban J connectivity index is 1.27. The Labute approximate surface area is 263 Å². The highest BCUT2D eigenvalue weighted by molar-refractivity contribution is 8.15. The van der Waals surface area contributed by atoms with Crippen molar-refractivity contribution in [2.24, 2.45) is 4.99 Å². The van der Waals surface area contributed by atoms with Crippen molar-refractivity contribution in [3.63, 3.8) is 0 Å². The molecule has 45 heavy (non-hydrogen) atoms. The van der Waals surface area contributed by atoms with Gasteiger partial charge in [0.1, 0.15) is 12.1 Å². The van der Waals surface area contributed by atoms with E-state index in [4.69, 9.17) is 0 Å². The van der Waals surface area contributed by atoms with Crippen LogP contribution >= 0.6 is 11.8 Å². The Kier molecular flexibility index (Phi) is 9.71. The zero-order valence-corrected chi connectivity index (χ0v) is 25.8. The van der Waals surface area contributed by atoms with E-state index in [-0.39, 0.29) is 23.3 Å². The van der Waals surface area contributed by atoms with Crippen LogP contribution in [0.1, 0.15) is 60.9 Å². The van der Waals surface area contributed by atoms with Gasteiger partial charge in [-0.25, -0.2) is 14.5 Å². The molecule has 0 saturated carbocycles. The van der Waals surface area contributed by atoms with Crippen molar-refractivity contribution in [2.45, 2.75) is 58.4 Å². The van der Waals surface area contributed by atoms with Gasteiger partial charge < -0.3 is 10.1 Å². The van der Waals surface area contributed by atoms with Crippen LogP contribution in [0.2, 0.25) is 0 Å². The SMILES string of the molecule is CCCc1ccc(C)cc1C1C(=O)CS/C1=N\C(=O)NC(CC)c1ccc(-c2ncn(-c3ccc(OC(F)(F)F)cc3)n2)cc1. The third-order valence-electron chi connectivity index (χ3n) is 7.38. The predicted molar refractivity (Wildman–Crippen MR) is 168 cm³/mol. The largest absolute Gasteiger partial charge is 0.573 e. The summed E-state index contributed by atoms with van der Waals surface area (Å²) in [4.78, 5) is 34.7. The van der Waals surface area contributed by atoms with Gasteiger partial charge in [0.25, 0.3) is 0 Å². The summed E-state index contributed by atoms with van der Waals surface area (Å²) >= 11 is 1.32. The number of amides is 2. The fourth-order valence-electron chi connectivity index (χ4n) is 5.22. The summed E-state index contributed by atoms with van der Waals surface area (Å²) in [7, 11) is 0. The Morgan fingerprint density at radius 2 is 1.84 bits per heavy atom. The number of hydrogen-bond donors (Lipinski definition) is 1. The molecule has 5 rings (SSSR count). The van der Waals surface area contributed by atoms with E-state index in [1.165, 1.54) is 47.0 Å². The summed E-state index contributed by atoms with van der Waals surface area (Å²) in [6.07, 6.45) is -0.881. The molecule has 3 aromatic carbocycles. The normalized spacial score (nSPS) is 16.6. The van der Waals surface area contributed by atoms with Gasteiger partial charge in [0, 0.05) is 5.56 Å². The highest BCUT2D eigenvalue weighted by Gasteiger charge is 2.35. The molecule has 1 aromatic heterocycles. The van der Waals surface area contributed by atoms with Gasteiger partial charge in [0.05, 0.1) is 28.4 Å². The Morgan fingerprint density at radius 3 is 2.51 bits per heavy atom. The minimum absolute atomic E-state index is 0.0562. The lowest BCUT2D eigenvalue weighted by Gasteiger charge is -2.18. The first-order valence-corrected chi connectivity index (χ1v) is 15.5. The zero-order chi connectivity index (χ0) is 32.1. The summed E-state index contributed by atoms with van der Waals surface area (Å²) in [6.45, 7) is 6.05. The molecule has 1 aliphatic heterocycles. The lowest BCUT2D eigenvalue weighted by molar-refractivity contribution is -0.274. The van der Waals surface area contributed by atoms with Crippen LogP contribution in [-0.4, -0.2) is 43.7 Å². The molecule has 12 heteroatoms. The Hall–Kier alpha value is -4.45. The molecule has 234 valence electrons. The van der Waals surface area contributed by atoms with Crippen LogP contribution in [0.3, 0.4) is 0 Å². The van der Waals surface area contributed by atoms with Crippen LogP contribution in [-0.2, 0) is 11.2 Å². The maximum atomic E-state index is 13.1. The highest BCUT2D eigenvalue weighted by Crippen LogP contribution is 2.36. The molecule has 0 bridgehead atoms. The van der Waals surface area contributed by atoms with Gasteiger partial charge in [-0.1, -0.05) is 68.3 Å². The van der Waals surface area contributed by atoms with Gasteiger partial charge in [-0.3, -0.25) is 4.79 Å². The molecule has 2 amide bonds. The van der Waals surface area contributed by atoms with E-state index in [0.29, 0.717) is 23.0 Å². The number of rotatable bonds is 9. The van der Waals surface area contributed by atoms with Crippen molar-refractivity contribution >= 4 is 28.6 Å². The number of alkyl halides is 3. The maximum Gasteiger partial charge on any atom is 0.573 e. The van der Waals surface area contributed by atoms with E-state index >= 15 is 0 Å². The number of halogens is 3. The summed E-state index contributed by atoms with van der Waals surface area (Å²) in [6, 6.07) is 18.1. The number of aryl methyl sites for hydroxylation is 2. The maximum absolute atomic E-state index is 13.1. The van der Waals surface area contributed by atoms with Crippen LogP contribution in [0.15, 0.2) is 78.0 Å². The van der Waals surface area contributed by atoms with E-state index < -0.39 is 18.3 Å². The number of thioether (sulfide) groups is 1. The van der Waals surface area contributed by atoms with Crippen molar-refractivity contribution in [2.75, 3.05) is 5.75 Å². The molecule has 1 fully saturated rings. The minimum Gasteiger partial charge on any atom is -0.406 e. The molecular weight excluding hydrogens is 603 g/mol. The first-order chi connectivity index (χ1) is 21.5. The number of carbonyl (C=O) groups is 2. The van der Waals surface area contributed by atoms with E-state index in [0.717, 1.165) is 40.7 Å². The second kappa shape index (κ2) is 13.7. The van der Waals surface area contributed by atoms with Crippen LogP contribution in [0.4, 0.5) is 18.0 Å². The lowest BCUT2D eigenvalue weighted by Crippen LogP contribution is -2.27. The molecule has 2 atom stereocenters. The number of urea groups is 1. The number of carbonyl (C=O) groups excluding carboxylic acids is 2. The smallest absolute Gasteiger partial charge is 0.406 e. The van der Waals surface area contributed by atoms with Crippen molar-refractivity contribution in [3.05, 3.63) is 95.3 Å². The Bertz CT molecular complexity index is 1700. The fourth-order valence-corrected chi connectivity index (χ4v) is 6.25. The van der Waals surface area contributed by atoms with Crippen molar-refractivity contribution in [1.29, 1.82) is 0 Å². The Morgan fingerprint density at radius 1 is 1.11 bits per heavy atom. The van der Waals surface area contributed by atoms with Crippen LogP contribution in [0, 0.1) is 6.92 Å². The average molecular weight is 636 g/mol. The number of ketones is 1. The van der Waals surface area contributed by atoms with Crippen LogP contribution in [0.5, 0.6) is 5.75 Å². The monoisotopic (exact) mass is 635 g/mol. The second-order valence-electron chi connectivity index (χ2n) is 10.7. The third kappa shape index (κ3) is 7.80. The lowest BCUT2D eigenvalue weighted by atomic mass is 9.89. The molecule has 1 saturated heterocycles. The number of Topliss-reactive ketones (excluding diaryl/α,β-unsaturated/α-hetero) is 1. The van der Waals surface area contributed by atoms with Crippen LogP contribution < -0.4 is 10.1 Å². The minimum atomic E-state index is -4.76. The van der Waals surface area contributed by atoms with Crippen molar-refractivity contribution in [3.8, 4) is 22.8 Å². The molecule has 2 heterocycles. The van der Waals surface area contributed by atoms with E-state index in [9.17, 15) is 22.8 Å². The summed E-state index contributed by atoms with van der Waals surface area (Å²) in [5.41, 5.74) is 5.21. The highest BCUT2D eigenvalue weighted by atomic mass is 32.2. The number of ether oxygens (including phenoxy) is 1. The third-order valence-corrected chi connectivity index (χ3v) is 8.43. The second-order valence-corrected chi connectivity index (χ2v) is 11.7. The molecular formula is C33H32F3N5O3S. The number of benzene rings is 3. The summed E-state index contributed by atoms with van der Waals surface area (Å²) < 4.78 is 42.7. The van der Waals surface area contributed by atoms with E-state index in [1.54, 1.807) is 0 Å². The van der Waals surface area contributed by atoms with Crippen LogP contribution in [0.25, 0.3) is 17.1 Å². The quantitative estimate of drug-likeness (QED) is 0.202. The summed E-state index contributed by atoms with van der Waals surface area (Å²) in [5.74, 6) is -0.0842. The van der Waals surface area contributed by atoms with Gasteiger partial charge in [-0.05, 0) is 60.7 Å². The molecule has 1 N–H and O–H groups in total. The first-order valence-electron chi connectivity index (χ1n) is 14.6. The van der Waals surface area contributed by atoms with E-state index in [1.807, 2.05) is 50.2 Å². The standard InChI is InChI=1S/C33H32F3N5O3S/c1-4-6-21-8-7-20(3)17-26(21)29-28(42)18-45-31(29)39-32(43)38-27(5-2)22-9-11-23(12-10-22)30-37-19-41(40-30)24-13-15-25(16-14-24)44-33(34,35)36/h7-17,19,27,29H,4-6,18H2,1-3H3,(H,38,43)/b39-31-.